The van der Waals surface area contributed by atoms with Gasteiger partial charge in [0.1, 0.15) is 0 Å². The summed E-state index contributed by atoms with van der Waals surface area (Å²) >= 11 is 11.2. The number of hydrogen-bond acceptors (Lipinski definition) is 6. The van der Waals surface area contributed by atoms with Gasteiger partial charge >= 0.3 is 29.6 Å². The van der Waals surface area contributed by atoms with Gasteiger partial charge in [0.15, 0.2) is 0 Å². The number of rotatable bonds is 3. The Hall–Kier alpha value is -0.480. The third kappa shape index (κ3) is 4.81. The van der Waals surface area contributed by atoms with Crippen LogP contribution in [0.5, 0.6) is 0 Å². The predicted octanol–water partition coefficient (Wildman–Crippen LogP) is 1.52. The fraction of sp³-hybridized carbons (Fsp3) is 0. The molecule has 0 aliphatic carbocycles. The molecule has 0 radical (unpaired) electrons. The summed E-state index contributed by atoms with van der Waals surface area (Å²) in [5.41, 5.74) is 0.491. The van der Waals surface area contributed by atoms with Gasteiger partial charge in [-0.3, -0.25) is 4.55 Å². The SMILES string of the molecule is O=S(=O)(O)c1ccc(Nc2nc(Cl)nc(Cl)n2)cc1.[NaH]. The van der Waals surface area contributed by atoms with Crippen LogP contribution in [0.2, 0.25) is 10.6 Å². The average Bonchev–Trinajstić information content (AvgIpc) is 2.26. The van der Waals surface area contributed by atoms with Crippen LogP contribution in [-0.4, -0.2) is 57.5 Å². The van der Waals surface area contributed by atoms with Crippen LogP contribution >= 0.6 is 23.2 Å². The van der Waals surface area contributed by atoms with Gasteiger partial charge < -0.3 is 5.32 Å². The minimum absolute atomic E-state index is 0. The normalized spacial score (nSPS) is 10.8. The quantitative estimate of drug-likeness (QED) is 0.642. The molecule has 2 rings (SSSR count). The summed E-state index contributed by atoms with van der Waals surface area (Å²) < 4.78 is 30.5. The molecule has 102 valence electrons. The van der Waals surface area contributed by atoms with Crippen molar-refractivity contribution >= 4 is 74.5 Å². The van der Waals surface area contributed by atoms with Gasteiger partial charge in [-0.25, -0.2) is 0 Å². The molecule has 0 amide bonds. The van der Waals surface area contributed by atoms with E-state index in [2.05, 4.69) is 20.3 Å². The van der Waals surface area contributed by atoms with E-state index in [9.17, 15) is 8.42 Å². The number of nitrogens with zero attached hydrogens (tertiary/aromatic N) is 3. The molecule has 2 aromatic rings. The molecule has 20 heavy (non-hydrogen) atoms. The number of halogens is 2. The van der Waals surface area contributed by atoms with Gasteiger partial charge in [0, 0.05) is 5.69 Å². The fourth-order valence-corrected chi connectivity index (χ4v) is 2.06. The van der Waals surface area contributed by atoms with E-state index in [1.165, 1.54) is 24.3 Å². The van der Waals surface area contributed by atoms with Gasteiger partial charge in [-0.2, -0.15) is 23.4 Å². The summed E-state index contributed by atoms with van der Waals surface area (Å²) in [5.74, 6) is 0.115. The Labute approximate surface area is 146 Å². The molecule has 0 atom stereocenters. The van der Waals surface area contributed by atoms with Crippen molar-refractivity contribution in [3.05, 3.63) is 34.8 Å². The van der Waals surface area contributed by atoms with Gasteiger partial charge in [0.05, 0.1) is 4.90 Å². The van der Waals surface area contributed by atoms with Gasteiger partial charge in [-0.1, -0.05) is 0 Å². The Kier molecular flexibility index (Phi) is 6.14. The first-order chi connectivity index (χ1) is 8.84. The molecule has 0 saturated carbocycles. The van der Waals surface area contributed by atoms with Crippen molar-refractivity contribution in [3.63, 3.8) is 0 Å². The predicted molar refractivity (Wildman–Crippen MR) is 76.5 cm³/mol. The van der Waals surface area contributed by atoms with Crippen LogP contribution in [0.3, 0.4) is 0 Å². The van der Waals surface area contributed by atoms with Crippen molar-refractivity contribution in [2.45, 2.75) is 4.90 Å². The van der Waals surface area contributed by atoms with E-state index in [0.717, 1.165) is 0 Å². The van der Waals surface area contributed by atoms with Gasteiger partial charge in [-0.15, -0.1) is 0 Å². The maximum atomic E-state index is 10.9. The monoisotopic (exact) mass is 344 g/mol. The molecule has 1 aromatic carbocycles. The van der Waals surface area contributed by atoms with E-state index in [1.807, 2.05) is 0 Å². The molecule has 1 aromatic heterocycles. The van der Waals surface area contributed by atoms with Crippen molar-refractivity contribution in [2.75, 3.05) is 5.32 Å². The van der Waals surface area contributed by atoms with Crippen LogP contribution in [0, 0.1) is 0 Å². The molecule has 0 unspecified atom stereocenters. The molecule has 1 heterocycles. The van der Waals surface area contributed by atoms with E-state index in [-0.39, 0.29) is 51.0 Å². The van der Waals surface area contributed by atoms with Crippen molar-refractivity contribution in [3.8, 4) is 0 Å². The summed E-state index contributed by atoms with van der Waals surface area (Å²) in [7, 11) is -4.22. The third-order valence-electron chi connectivity index (χ3n) is 1.99. The molecular formula is C9H7Cl2N4NaO3S. The molecule has 0 aliphatic heterocycles. The standard InChI is InChI=1S/C9H6Cl2N4O3S.Na.H/c10-7-13-8(11)15-9(14-7)12-5-1-3-6(4-2-5)19(16,17)18;;/h1-4H,(H,16,17,18)(H,12,13,14,15);;. The molecule has 0 spiro atoms. The number of benzene rings is 1. The van der Waals surface area contributed by atoms with Crippen LogP contribution in [0.25, 0.3) is 0 Å². The minimum atomic E-state index is -4.22. The Bertz CT molecular complexity index is 691. The summed E-state index contributed by atoms with van der Waals surface area (Å²) in [4.78, 5) is 10.9. The fourth-order valence-electron chi connectivity index (χ4n) is 1.22. The number of aromatic nitrogens is 3. The molecule has 0 fully saturated rings. The van der Waals surface area contributed by atoms with E-state index < -0.39 is 10.1 Å². The molecule has 0 bridgehead atoms. The van der Waals surface area contributed by atoms with Crippen LogP contribution in [0.4, 0.5) is 11.6 Å². The van der Waals surface area contributed by atoms with Gasteiger partial charge in [-0.05, 0) is 47.5 Å². The first-order valence-corrected chi connectivity index (χ1v) is 6.96. The first kappa shape index (κ1) is 17.6. The summed E-state index contributed by atoms with van der Waals surface area (Å²) in [6.07, 6.45) is 0. The molecule has 0 aliphatic rings. The summed E-state index contributed by atoms with van der Waals surface area (Å²) in [6.45, 7) is 0. The molecule has 2 N–H and O–H groups in total. The maximum absolute atomic E-state index is 10.9. The second kappa shape index (κ2) is 6.99. The van der Waals surface area contributed by atoms with E-state index in [4.69, 9.17) is 27.8 Å². The Morgan fingerprint density at radius 2 is 1.50 bits per heavy atom. The first-order valence-electron chi connectivity index (χ1n) is 4.76. The van der Waals surface area contributed by atoms with Crippen molar-refractivity contribution in [1.29, 1.82) is 0 Å². The molecule has 11 heteroatoms. The molecular weight excluding hydrogens is 338 g/mol. The van der Waals surface area contributed by atoms with Crippen molar-refractivity contribution < 1.29 is 13.0 Å². The van der Waals surface area contributed by atoms with Crippen LogP contribution in [0.15, 0.2) is 29.2 Å². The van der Waals surface area contributed by atoms with E-state index >= 15 is 0 Å². The topological polar surface area (TPSA) is 105 Å². The zero-order valence-corrected chi connectivity index (χ0v) is 11.4. The Morgan fingerprint density at radius 1 is 1.00 bits per heavy atom. The van der Waals surface area contributed by atoms with Gasteiger partial charge in [0.25, 0.3) is 10.1 Å². The van der Waals surface area contributed by atoms with Crippen LogP contribution < -0.4 is 5.32 Å². The molecule has 7 nitrogen and oxygen atoms in total. The Morgan fingerprint density at radius 3 is 1.95 bits per heavy atom. The zero-order valence-electron chi connectivity index (χ0n) is 9.08. The van der Waals surface area contributed by atoms with E-state index in [0.29, 0.717) is 5.69 Å². The second-order valence-corrected chi connectivity index (χ2v) is 5.42. The summed E-state index contributed by atoms with van der Waals surface area (Å²) in [6, 6.07) is 5.30. The van der Waals surface area contributed by atoms with Gasteiger partial charge in [0.2, 0.25) is 16.5 Å². The van der Waals surface area contributed by atoms with Crippen molar-refractivity contribution in [2.24, 2.45) is 0 Å². The average molecular weight is 345 g/mol. The van der Waals surface area contributed by atoms with Crippen molar-refractivity contribution in [1.82, 2.24) is 15.0 Å². The second-order valence-electron chi connectivity index (χ2n) is 3.32. The van der Waals surface area contributed by atoms with Crippen LogP contribution in [-0.2, 0) is 10.1 Å². The third-order valence-corrected chi connectivity index (χ3v) is 3.20. The number of nitrogens with one attached hydrogen (secondary N) is 1. The Balaban J connectivity index is 0.00000200. The van der Waals surface area contributed by atoms with E-state index in [1.54, 1.807) is 0 Å². The molecule has 0 saturated heterocycles. The number of hydrogen-bond donors (Lipinski definition) is 2. The number of anilines is 2. The summed E-state index contributed by atoms with van der Waals surface area (Å²) in [5, 5.41) is 2.61. The van der Waals surface area contributed by atoms with Crippen LogP contribution in [0.1, 0.15) is 0 Å². The zero-order chi connectivity index (χ0) is 14.0.